The van der Waals surface area contributed by atoms with Crippen molar-refractivity contribution in [2.75, 3.05) is 13.1 Å². The second-order valence-electron chi connectivity index (χ2n) is 7.54. The molecule has 6 nitrogen and oxygen atoms in total. The normalized spacial score (nSPS) is 14.9. The van der Waals surface area contributed by atoms with Crippen molar-refractivity contribution in [3.63, 3.8) is 0 Å². The number of carbonyl (C=O) groups is 1. The molecule has 150 valence electrons. The lowest BCUT2D eigenvalue weighted by Crippen LogP contribution is -2.38. The number of nitrogens with one attached hydrogen (secondary N) is 1. The lowest BCUT2D eigenvalue weighted by molar-refractivity contribution is 0.0710. The van der Waals surface area contributed by atoms with Gasteiger partial charge in [0.2, 0.25) is 0 Å². The van der Waals surface area contributed by atoms with Gasteiger partial charge in [0.25, 0.3) is 5.91 Å². The Bertz CT molecular complexity index is 1060. The molecule has 29 heavy (non-hydrogen) atoms. The van der Waals surface area contributed by atoms with Crippen molar-refractivity contribution in [1.82, 2.24) is 19.7 Å². The first-order valence-electron chi connectivity index (χ1n) is 9.77. The van der Waals surface area contributed by atoms with Crippen LogP contribution >= 0.6 is 0 Å². The number of rotatable bonds is 4. The second kappa shape index (κ2) is 8.03. The summed E-state index contributed by atoms with van der Waals surface area (Å²) in [6.07, 6.45) is 1.48. The molecule has 7 heteroatoms. The van der Waals surface area contributed by atoms with Gasteiger partial charge in [0.05, 0.1) is 6.54 Å². The van der Waals surface area contributed by atoms with Gasteiger partial charge in [-0.3, -0.25) is 9.36 Å². The summed E-state index contributed by atoms with van der Waals surface area (Å²) in [5.74, 6) is 0.523. The third-order valence-corrected chi connectivity index (χ3v) is 5.45. The quantitative estimate of drug-likeness (QED) is 0.739. The van der Waals surface area contributed by atoms with Crippen molar-refractivity contribution < 1.29 is 9.18 Å². The zero-order valence-electron chi connectivity index (χ0n) is 16.3. The van der Waals surface area contributed by atoms with E-state index in [0.29, 0.717) is 31.0 Å². The minimum absolute atomic E-state index is 0.0397. The van der Waals surface area contributed by atoms with Crippen LogP contribution in [0.2, 0.25) is 0 Å². The van der Waals surface area contributed by atoms with Crippen LogP contribution in [0.1, 0.15) is 46.1 Å². The molecule has 1 aliphatic heterocycles. The number of amides is 1. The lowest BCUT2D eigenvalue weighted by atomic mass is 9.95. The maximum atomic E-state index is 13.1. The highest BCUT2D eigenvalue weighted by Gasteiger charge is 2.28. The van der Waals surface area contributed by atoms with Gasteiger partial charge in [0, 0.05) is 24.6 Å². The van der Waals surface area contributed by atoms with E-state index in [1.165, 1.54) is 12.1 Å². The van der Waals surface area contributed by atoms with Crippen LogP contribution in [-0.2, 0) is 6.54 Å². The molecule has 1 saturated heterocycles. The number of hydrogen-bond acceptors (Lipinski definition) is 3. The lowest BCUT2D eigenvalue weighted by Gasteiger charge is -2.31. The molecular formula is C22H23FN4O2. The van der Waals surface area contributed by atoms with Crippen LogP contribution in [0, 0.1) is 12.7 Å². The number of halogens is 1. The first kappa shape index (κ1) is 19.1. The first-order valence-corrected chi connectivity index (χ1v) is 9.77. The number of H-pyrrole nitrogens is 1. The monoisotopic (exact) mass is 394 g/mol. The number of hydrogen-bond donors (Lipinski definition) is 1. The van der Waals surface area contributed by atoms with Gasteiger partial charge in [0.15, 0.2) is 0 Å². The molecule has 1 amide bonds. The molecule has 1 N–H and O–H groups in total. The average Bonchev–Trinajstić information content (AvgIpc) is 3.09. The zero-order valence-corrected chi connectivity index (χ0v) is 16.3. The van der Waals surface area contributed by atoms with Crippen LogP contribution in [0.5, 0.6) is 0 Å². The van der Waals surface area contributed by atoms with Gasteiger partial charge < -0.3 is 4.90 Å². The molecule has 0 unspecified atom stereocenters. The van der Waals surface area contributed by atoms with Crippen LogP contribution in [0.25, 0.3) is 0 Å². The van der Waals surface area contributed by atoms with Crippen LogP contribution in [0.4, 0.5) is 4.39 Å². The van der Waals surface area contributed by atoms with E-state index in [0.717, 1.165) is 24.0 Å². The molecule has 1 fully saturated rings. The number of likely N-dealkylation sites (tertiary alicyclic amines) is 1. The molecule has 0 aliphatic carbocycles. The molecule has 0 saturated carbocycles. The van der Waals surface area contributed by atoms with Crippen molar-refractivity contribution in [3.8, 4) is 0 Å². The number of benzene rings is 2. The topological polar surface area (TPSA) is 71.0 Å². The Hall–Kier alpha value is -3.22. The number of nitrogens with zero attached hydrogens (tertiary/aromatic N) is 3. The van der Waals surface area contributed by atoms with Gasteiger partial charge >= 0.3 is 5.69 Å². The average molecular weight is 394 g/mol. The van der Waals surface area contributed by atoms with Crippen LogP contribution in [0.15, 0.2) is 53.3 Å². The van der Waals surface area contributed by atoms with Crippen molar-refractivity contribution in [2.24, 2.45) is 0 Å². The van der Waals surface area contributed by atoms with Gasteiger partial charge in [-0.25, -0.2) is 14.3 Å². The van der Waals surface area contributed by atoms with Crippen molar-refractivity contribution in [1.29, 1.82) is 0 Å². The SMILES string of the molecule is Cc1cccc(C(=O)N2CCC(c3n[nH]c(=O)n3Cc3ccc(F)cc3)CC2)c1. The number of aromatic amines is 1. The van der Waals surface area contributed by atoms with Crippen LogP contribution in [0.3, 0.4) is 0 Å². The Morgan fingerprint density at radius 3 is 2.59 bits per heavy atom. The third-order valence-electron chi connectivity index (χ3n) is 5.45. The fourth-order valence-electron chi connectivity index (χ4n) is 3.87. The summed E-state index contributed by atoms with van der Waals surface area (Å²) < 4.78 is 14.7. The van der Waals surface area contributed by atoms with Gasteiger partial charge in [0.1, 0.15) is 11.6 Å². The predicted octanol–water partition coefficient (Wildman–Crippen LogP) is 3.09. The fraction of sp³-hybridized carbons (Fsp3) is 0.318. The smallest absolute Gasteiger partial charge is 0.339 e. The predicted molar refractivity (Wildman–Crippen MR) is 107 cm³/mol. The van der Waals surface area contributed by atoms with E-state index in [4.69, 9.17) is 0 Å². The Morgan fingerprint density at radius 1 is 1.17 bits per heavy atom. The molecule has 3 aromatic rings. The van der Waals surface area contributed by atoms with E-state index < -0.39 is 0 Å². The number of piperidine rings is 1. The van der Waals surface area contributed by atoms with Gasteiger partial charge in [-0.15, -0.1) is 0 Å². The van der Waals surface area contributed by atoms with E-state index in [-0.39, 0.29) is 23.3 Å². The minimum atomic E-state index is -0.306. The Kier molecular flexibility index (Phi) is 5.29. The molecular weight excluding hydrogens is 371 g/mol. The Morgan fingerprint density at radius 2 is 1.90 bits per heavy atom. The van der Waals surface area contributed by atoms with Crippen molar-refractivity contribution >= 4 is 5.91 Å². The first-order chi connectivity index (χ1) is 14.0. The Labute approximate surface area is 168 Å². The molecule has 1 aliphatic rings. The molecule has 2 aromatic carbocycles. The Balaban J connectivity index is 1.46. The van der Waals surface area contributed by atoms with E-state index in [1.807, 2.05) is 36.1 Å². The van der Waals surface area contributed by atoms with Crippen molar-refractivity contribution in [3.05, 3.63) is 87.3 Å². The number of carbonyl (C=O) groups excluding carboxylic acids is 1. The van der Waals surface area contributed by atoms with E-state index in [1.54, 1.807) is 16.7 Å². The number of aryl methyl sites for hydroxylation is 1. The summed E-state index contributed by atoms with van der Waals surface area (Å²) >= 11 is 0. The van der Waals surface area contributed by atoms with E-state index in [2.05, 4.69) is 10.2 Å². The molecule has 0 radical (unpaired) electrons. The van der Waals surface area contributed by atoms with Gasteiger partial charge in [-0.05, 0) is 49.6 Å². The zero-order chi connectivity index (χ0) is 20.4. The fourth-order valence-corrected chi connectivity index (χ4v) is 3.87. The van der Waals surface area contributed by atoms with E-state index in [9.17, 15) is 14.0 Å². The summed E-state index contributed by atoms with van der Waals surface area (Å²) in [4.78, 5) is 26.9. The van der Waals surface area contributed by atoms with E-state index >= 15 is 0 Å². The molecule has 0 spiro atoms. The third kappa shape index (κ3) is 4.13. The number of aromatic nitrogens is 3. The molecule has 4 rings (SSSR count). The summed E-state index contributed by atoms with van der Waals surface area (Å²) in [6.45, 7) is 3.55. The molecule has 0 atom stereocenters. The second-order valence-corrected chi connectivity index (χ2v) is 7.54. The largest absolute Gasteiger partial charge is 0.343 e. The maximum Gasteiger partial charge on any atom is 0.343 e. The highest BCUT2D eigenvalue weighted by Crippen LogP contribution is 2.27. The molecule has 1 aromatic heterocycles. The highest BCUT2D eigenvalue weighted by atomic mass is 19.1. The molecule has 0 bridgehead atoms. The highest BCUT2D eigenvalue weighted by molar-refractivity contribution is 5.94. The van der Waals surface area contributed by atoms with Crippen LogP contribution in [-0.4, -0.2) is 38.7 Å². The molecule has 2 heterocycles. The van der Waals surface area contributed by atoms with Crippen molar-refractivity contribution in [2.45, 2.75) is 32.2 Å². The summed E-state index contributed by atoms with van der Waals surface area (Å²) in [7, 11) is 0. The van der Waals surface area contributed by atoms with Gasteiger partial charge in [-0.2, -0.15) is 5.10 Å². The minimum Gasteiger partial charge on any atom is -0.339 e. The maximum absolute atomic E-state index is 13.1. The van der Waals surface area contributed by atoms with Gasteiger partial charge in [-0.1, -0.05) is 29.8 Å². The standard InChI is InChI=1S/C22H23FN4O2/c1-15-3-2-4-18(13-15)21(28)26-11-9-17(10-12-26)20-24-25-22(29)27(20)14-16-5-7-19(23)8-6-16/h2-8,13,17H,9-12,14H2,1H3,(H,25,29). The summed E-state index contributed by atoms with van der Waals surface area (Å²) in [6, 6.07) is 13.7. The summed E-state index contributed by atoms with van der Waals surface area (Å²) in [5.41, 5.74) is 2.33. The summed E-state index contributed by atoms with van der Waals surface area (Å²) in [5, 5.41) is 6.78. The van der Waals surface area contributed by atoms with Crippen LogP contribution < -0.4 is 5.69 Å².